The van der Waals surface area contributed by atoms with Gasteiger partial charge in [-0.1, -0.05) is 25.4 Å². The van der Waals surface area contributed by atoms with E-state index in [1.54, 1.807) is 0 Å². The summed E-state index contributed by atoms with van der Waals surface area (Å²) < 4.78 is 35.4. The quantitative estimate of drug-likeness (QED) is 0.526. The summed E-state index contributed by atoms with van der Waals surface area (Å²) in [7, 11) is 5.18. The molecular formula is C9H9BF3NO. The van der Waals surface area contributed by atoms with Gasteiger partial charge in [-0.25, -0.2) is 0 Å². The van der Waals surface area contributed by atoms with Gasteiger partial charge < -0.3 is 0 Å². The fourth-order valence-electron chi connectivity index (χ4n) is 0.685. The van der Waals surface area contributed by atoms with E-state index in [1.807, 2.05) is 13.8 Å². The first-order chi connectivity index (χ1) is 6.91. The van der Waals surface area contributed by atoms with Gasteiger partial charge in [0.05, 0.1) is 0 Å². The maximum atomic E-state index is 11.8. The summed E-state index contributed by atoms with van der Waals surface area (Å²) in [5.41, 5.74) is -0.444. The largest absolute Gasteiger partial charge is 0.456 e. The van der Waals surface area contributed by atoms with Crippen LogP contribution < -0.4 is 5.46 Å². The zero-order chi connectivity index (χ0) is 12.1. The molecule has 0 aliphatic carbocycles. The van der Waals surface area contributed by atoms with Gasteiger partial charge in [-0.15, -0.1) is 0 Å². The highest BCUT2D eigenvalue weighted by Gasteiger charge is 2.40. The van der Waals surface area contributed by atoms with Gasteiger partial charge in [0.1, 0.15) is 13.5 Å². The lowest BCUT2D eigenvalue weighted by Gasteiger charge is -2.03. The number of carbonyl (C=O) groups is 1. The number of Topliss-reactive ketones (excluding diaryl/α,β-unsaturated/α-hetero) is 1. The smallest absolute Gasteiger partial charge is 0.282 e. The lowest BCUT2D eigenvalue weighted by Crippen LogP contribution is -2.24. The van der Waals surface area contributed by atoms with Crippen LogP contribution in [0.2, 0.25) is 0 Å². The molecule has 0 spiro atoms. The van der Waals surface area contributed by atoms with Crippen molar-refractivity contribution in [3.8, 4) is 0 Å². The van der Waals surface area contributed by atoms with Crippen LogP contribution >= 0.6 is 0 Å². The molecule has 6 heteroatoms. The fraction of sp³-hybridized carbons (Fsp3) is 0.333. The van der Waals surface area contributed by atoms with Crippen molar-refractivity contribution in [3.63, 3.8) is 0 Å². The number of nitrogens with zero attached hydrogens (tertiary/aromatic N) is 1. The molecule has 0 saturated heterocycles. The summed E-state index contributed by atoms with van der Waals surface area (Å²) in [5, 5.41) is 0. The van der Waals surface area contributed by atoms with Crippen LogP contribution in [0.4, 0.5) is 13.2 Å². The molecule has 15 heavy (non-hydrogen) atoms. The first-order valence-corrected chi connectivity index (χ1v) is 4.24. The first kappa shape index (κ1) is 13.7. The lowest BCUT2D eigenvalue weighted by molar-refractivity contribution is -0.0888. The molecule has 0 aromatic carbocycles. The highest BCUT2D eigenvalue weighted by Crippen LogP contribution is 2.19. The molecule has 0 saturated carbocycles. The number of pyridine rings is 1. The van der Waals surface area contributed by atoms with Crippen molar-refractivity contribution < 1.29 is 18.0 Å². The van der Waals surface area contributed by atoms with Crippen LogP contribution in [0.5, 0.6) is 0 Å². The number of carbonyl (C=O) groups excluding carboxylic acids is 1. The Morgan fingerprint density at radius 2 is 1.87 bits per heavy atom. The second-order valence-corrected chi connectivity index (χ2v) is 2.30. The van der Waals surface area contributed by atoms with Gasteiger partial charge in [0.15, 0.2) is 0 Å². The van der Waals surface area contributed by atoms with Crippen molar-refractivity contribution in [2.45, 2.75) is 20.0 Å². The number of ketones is 1. The van der Waals surface area contributed by atoms with E-state index in [0.29, 0.717) is 0 Å². The van der Waals surface area contributed by atoms with Crippen molar-refractivity contribution in [2.24, 2.45) is 0 Å². The molecule has 0 amide bonds. The zero-order valence-corrected chi connectivity index (χ0v) is 8.30. The molecule has 1 rings (SSSR count). The molecule has 0 bridgehead atoms. The normalized spacial score (nSPS) is 10.2. The summed E-state index contributed by atoms with van der Waals surface area (Å²) in [6.45, 7) is 4.00. The first-order valence-electron chi connectivity index (χ1n) is 4.24. The maximum Gasteiger partial charge on any atom is 0.456 e. The van der Waals surface area contributed by atoms with Gasteiger partial charge in [0, 0.05) is 6.20 Å². The Hall–Kier alpha value is -1.33. The Labute approximate surface area is 86.9 Å². The van der Waals surface area contributed by atoms with Crippen molar-refractivity contribution in [1.82, 2.24) is 4.98 Å². The standard InChI is InChI=1S/C7H3BF3NO.C2H6/c8-4-1-2-5(12-3-4)6(13)7(9,10)11;1-2/h1-3H;1-2H3. The minimum absolute atomic E-state index is 0.207. The summed E-state index contributed by atoms with van der Waals surface area (Å²) in [4.78, 5) is 13.8. The van der Waals surface area contributed by atoms with E-state index in [4.69, 9.17) is 7.85 Å². The molecule has 0 aliphatic heterocycles. The third-order valence-corrected chi connectivity index (χ3v) is 1.28. The van der Waals surface area contributed by atoms with E-state index in [0.717, 1.165) is 12.3 Å². The van der Waals surface area contributed by atoms with E-state index >= 15 is 0 Å². The molecule has 0 unspecified atom stereocenters. The molecule has 2 radical (unpaired) electrons. The number of rotatable bonds is 1. The highest BCUT2D eigenvalue weighted by atomic mass is 19.4. The third-order valence-electron chi connectivity index (χ3n) is 1.28. The SMILES string of the molecule is CC.[B]c1ccc(C(=O)C(F)(F)F)nc1. The van der Waals surface area contributed by atoms with Gasteiger partial charge in [0.2, 0.25) is 0 Å². The predicted molar refractivity (Wildman–Crippen MR) is 51.4 cm³/mol. The van der Waals surface area contributed by atoms with Gasteiger partial charge in [-0.3, -0.25) is 9.78 Å². The third kappa shape index (κ3) is 4.14. The van der Waals surface area contributed by atoms with Gasteiger partial charge >= 0.3 is 6.18 Å². The Balaban J connectivity index is 0.000000921. The molecule has 0 N–H and O–H groups in total. The molecular weight excluding hydrogens is 206 g/mol. The van der Waals surface area contributed by atoms with Crippen LogP contribution in [-0.2, 0) is 0 Å². The summed E-state index contributed by atoms with van der Waals surface area (Å²) >= 11 is 0. The van der Waals surface area contributed by atoms with E-state index in [-0.39, 0.29) is 5.46 Å². The highest BCUT2D eigenvalue weighted by molar-refractivity contribution is 6.32. The van der Waals surface area contributed by atoms with Crippen LogP contribution in [-0.4, -0.2) is 24.8 Å². The average molecular weight is 215 g/mol. The summed E-state index contributed by atoms with van der Waals surface area (Å²) in [6, 6.07) is 2.12. The van der Waals surface area contributed by atoms with Crippen LogP contribution in [0.25, 0.3) is 0 Å². The van der Waals surface area contributed by atoms with E-state index < -0.39 is 17.7 Å². The topological polar surface area (TPSA) is 30.0 Å². The van der Waals surface area contributed by atoms with E-state index in [1.165, 1.54) is 6.07 Å². The second kappa shape index (κ2) is 5.53. The summed E-state index contributed by atoms with van der Waals surface area (Å²) in [5.74, 6) is -1.97. The number of halogens is 3. The Morgan fingerprint density at radius 3 is 2.20 bits per heavy atom. The molecule has 0 atom stereocenters. The lowest BCUT2D eigenvalue weighted by atomic mass is 9.98. The van der Waals surface area contributed by atoms with Gasteiger partial charge in [0.25, 0.3) is 5.78 Å². The Morgan fingerprint density at radius 1 is 1.33 bits per heavy atom. The molecule has 1 aromatic heterocycles. The van der Waals surface area contributed by atoms with Crippen LogP contribution in [0.1, 0.15) is 24.3 Å². The van der Waals surface area contributed by atoms with Crippen molar-refractivity contribution in [3.05, 3.63) is 24.0 Å². The molecule has 1 heterocycles. The van der Waals surface area contributed by atoms with E-state index in [9.17, 15) is 18.0 Å². The van der Waals surface area contributed by atoms with Crippen molar-refractivity contribution in [2.75, 3.05) is 0 Å². The maximum absolute atomic E-state index is 11.8. The van der Waals surface area contributed by atoms with Crippen molar-refractivity contribution in [1.29, 1.82) is 0 Å². The number of aromatic nitrogens is 1. The summed E-state index contributed by atoms with van der Waals surface area (Å²) in [6.07, 6.45) is -3.89. The second-order valence-electron chi connectivity index (χ2n) is 2.30. The molecule has 80 valence electrons. The fourth-order valence-corrected chi connectivity index (χ4v) is 0.685. The Bertz CT molecular complexity index is 321. The molecule has 2 nitrogen and oxygen atoms in total. The number of hydrogen-bond acceptors (Lipinski definition) is 2. The van der Waals surface area contributed by atoms with Gasteiger partial charge in [-0.2, -0.15) is 13.2 Å². The van der Waals surface area contributed by atoms with Crippen LogP contribution in [0.3, 0.4) is 0 Å². The Kier molecular flexibility index (Phi) is 5.04. The van der Waals surface area contributed by atoms with Gasteiger partial charge in [-0.05, 0) is 6.07 Å². The minimum atomic E-state index is -4.89. The number of hydrogen-bond donors (Lipinski definition) is 0. The van der Waals surface area contributed by atoms with Crippen LogP contribution in [0, 0.1) is 0 Å². The predicted octanol–water partition coefficient (Wildman–Crippen LogP) is 1.65. The monoisotopic (exact) mass is 215 g/mol. The molecule has 0 aliphatic rings. The van der Waals surface area contributed by atoms with E-state index in [2.05, 4.69) is 4.98 Å². The number of alkyl halides is 3. The molecule has 0 fully saturated rings. The average Bonchev–Trinajstić information content (AvgIpc) is 2.20. The van der Waals surface area contributed by atoms with Crippen LogP contribution in [0.15, 0.2) is 18.3 Å². The minimum Gasteiger partial charge on any atom is -0.282 e. The molecule has 1 aromatic rings. The zero-order valence-electron chi connectivity index (χ0n) is 8.30. The van der Waals surface area contributed by atoms with Crippen molar-refractivity contribution >= 4 is 19.1 Å².